The van der Waals surface area contributed by atoms with Crippen molar-refractivity contribution in [2.24, 2.45) is 0 Å². The number of hydrogen-bond acceptors (Lipinski definition) is 3. The van der Waals surface area contributed by atoms with Crippen molar-refractivity contribution in [3.63, 3.8) is 0 Å². The molecule has 1 saturated carbocycles. The minimum absolute atomic E-state index is 0.493. The molecule has 3 atom stereocenters. The van der Waals surface area contributed by atoms with E-state index >= 15 is 0 Å². The first-order valence-corrected chi connectivity index (χ1v) is 16.7. The lowest BCUT2D eigenvalue weighted by Crippen LogP contribution is -2.34. The summed E-state index contributed by atoms with van der Waals surface area (Å²) in [7, 11) is 1.72. The Hall–Kier alpha value is -3.82. The smallest absolute Gasteiger partial charge is 0.187 e. The summed E-state index contributed by atoms with van der Waals surface area (Å²) in [6.07, 6.45) is 12.5. The van der Waals surface area contributed by atoms with Crippen LogP contribution in [0.5, 0.6) is 11.5 Å². The highest BCUT2D eigenvalue weighted by atomic mass is 32.1. The third-order valence-corrected chi connectivity index (χ3v) is 11.1. The molecule has 3 unspecified atom stereocenters. The van der Waals surface area contributed by atoms with Gasteiger partial charge in [0.25, 0.3) is 0 Å². The second kappa shape index (κ2) is 10.4. The maximum atomic E-state index is 7.48. The van der Waals surface area contributed by atoms with E-state index in [-0.39, 0.29) is 0 Å². The molecule has 1 fully saturated rings. The van der Waals surface area contributed by atoms with Crippen LogP contribution in [0.3, 0.4) is 0 Å². The third kappa shape index (κ3) is 4.19. The van der Waals surface area contributed by atoms with Crippen molar-refractivity contribution < 1.29 is 9.47 Å². The van der Waals surface area contributed by atoms with Crippen LogP contribution in [-0.4, -0.2) is 7.11 Å². The maximum Gasteiger partial charge on any atom is 0.187 e. The summed E-state index contributed by atoms with van der Waals surface area (Å²) in [6, 6.07) is 26.9. The van der Waals surface area contributed by atoms with Crippen molar-refractivity contribution in [1.82, 2.24) is 0 Å². The van der Waals surface area contributed by atoms with Gasteiger partial charge in [0.2, 0.25) is 0 Å². The van der Waals surface area contributed by atoms with Gasteiger partial charge in [-0.1, -0.05) is 91.4 Å². The number of fused-ring (bicyclic) bond motifs is 11. The molecule has 2 aliphatic carbocycles. The molecular formula is C40H38O2S. The van der Waals surface area contributed by atoms with Gasteiger partial charge in [0.1, 0.15) is 11.5 Å². The molecule has 0 spiro atoms. The Balaban J connectivity index is 1.44. The van der Waals surface area contributed by atoms with Crippen LogP contribution in [0.15, 0.2) is 84.3 Å². The van der Waals surface area contributed by atoms with Gasteiger partial charge in [0.05, 0.1) is 12.0 Å². The van der Waals surface area contributed by atoms with E-state index in [4.69, 9.17) is 9.47 Å². The minimum atomic E-state index is -0.706. The molecule has 1 aromatic heterocycles. The Morgan fingerprint density at radius 1 is 0.814 bits per heavy atom. The van der Waals surface area contributed by atoms with Gasteiger partial charge in [-0.05, 0) is 102 Å². The van der Waals surface area contributed by atoms with E-state index in [9.17, 15) is 0 Å². The highest BCUT2D eigenvalue weighted by Crippen LogP contribution is 2.59. The van der Waals surface area contributed by atoms with E-state index in [1.54, 1.807) is 24.0 Å². The van der Waals surface area contributed by atoms with Crippen LogP contribution in [0.25, 0.3) is 28.0 Å². The number of methoxy groups -OCH3 is 1. The van der Waals surface area contributed by atoms with E-state index in [0.29, 0.717) is 11.8 Å². The Morgan fingerprint density at radius 3 is 2.35 bits per heavy atom. The van der Waals surface area contributed by atoms with Crippen molar-refractivity contribution in [3.05, 3.63) is 123 Å². The average Bonchev–Trinajstić information content (AvgIpc) is 3.57. The van der Waals surface area contributed by atoms with Crippen molar-refractivity contribution in [2.45, 2.75) is 69.8 Å². The van der Waals surface area contributed by atoms with Crippen molar-refractivity contribution in [1.29, 1.82) is 0 Å². The van der Waals surface area contributed by atoms with Crippen molar-refractivity contribution in [3.8, 4) is 22.6 Å². The second-order valence-corrected chi connectivity index (χ2v) is 13.7. The van der Waals surface area contributed by atoms with Crippen LogP contribution in [0.2, 0.25) is 0 Å². The average molecular weight is 583 g/mol. The molecule has 3 aliphatic rings. The molecule has 43 heavy (non-hydrogen) atoms. The number of hydrogen-bond donors (Lipinski definition) is 0. The Bertz CT molecular complexity index is 1860. The van der Waals surface area contributed by atoms with Crippen LogP contribution in [0.4, 0.5) is 0 Å². The second-order valence-electron chi connectivity index (χ2n) is 12.8. The topological polar surface area (TPSA) is 18.5 Å². The number of rotatable bonds is 3. The summed E-state index contributed by atoms with van der Waals surface area (Å²) in [4.78, 5) is 1.18. The highest BCUT2D eigenvalue weighted by molar-refractivity contribution is 7.10. The highest BCUT2D eigenvalue weighted by Gasteiger charge is 2.43. The number of ether oxygens (including phenoxy) is 2. The summed E-state index contributed by atoms with van der Waals surface area (Å²) in [5, 5.41) is 4.68. The molecule has 216 valence electrons. The largest absolute Gasteiger partial charge is 0.497 e. The normalized spacial score (nSPS) is 22.4. The lowest BCUT2D eigenvalue weighted by atomic mass is 9.64. The number of aryl methyl sites for hydroxylation is 2. The SMILES string of the molecule is COc1ccc(C2(c3cccs3)C=Cc3c4c(c5ccc(C)cc5c3O2)-c2ccc(C)cc2C2CCCCCCC42)cc1. The summed E-state index contributed by atoms with van der Waals surface area (Å²) < 4.78 is 13.0. The van der Waals surface area contributed by atoms with Gasteiger partial charge in [-0.15, -0.1) is 11.3 Å². The first-order chi connectivity index (χ1) is 21.1. The van der Waals surface area contributed by atoms with E-state index < -0.39 is 5.60 Å². The summed E-state index contributed by atoms with van der Waals surface area (Å²) in [5.41, 5.74) is 10.3. The molecular weight excluding hydrogens is 545 g/mol. The van der Waals surface area contributed by atoms with Gasteiger partial charge >= 0.3 is 0 Å². The van der Waals surface area contributed by atoms with Crippen LogP contribution in [0, 0.1) is 13.8 Å². The maximum absolute atomic E-state index is 7.48. The van der Waals surface area contributed by atoms with Crippen LogP contribution >= 0.6 is 11.3 Å². The van der Waals surface area contributed by atoms with Gasteiger partial charge in [-0.2, -0.15) is 0 Å². The fraction of sp³-hybridized carbons (Fsp3) is 0.300. The quantitative estimate of drug-likeness (QED) is 0.211. The first-order valence-electron chi connectivity index (χ1n) is 15.9. The van der Waals surface area contributed by atoms with Gasteiger partial charge < -0.3 is 9.47 Å². The predicted octanol–water partition coefficient (Wildman–Crippen LogP) is 11.1. The monoisotopic (exact) mass is 582 g/mol. The molecule has 0 amide bonds. The van der Waals surface area contributed by atoms with E-state index in [2.05, 4.69) is 92.0 Å². The zero-order valence-electron chi connectivity index (χ0n) is 25.3. The zero-order valence-corrected chi connectivity index (χ0v) is 26.1. The molecule has 0 saturated heterocycles. The first kappa shape index (κ1) is 26.8. The number of benzene rings is 4. The standard InChI is InChI=1S/C40H38O2S/c1-25-12-18-31-34(23-25)29-9-6-4-5-7-10-30(29)38-33-20-21-40(36-11-8-22-43-36,27-14-16-28(41-3)17-15-27)42-39(33)35-24-26(2)13-19-32(35)37(31)38/h8,11-24,29-30H,4-7,9-10H2,1-3H3. The molecule has 5 aromatic rings. The Labute approximate surface area is 259 Å². The van der Waals surface area contributed by atoms with E-state index in [1.807, 2.05) is 12.1 Å². The van der Waals surface area contributed by atoms with Crippen LogP contribution < -0.4 is 9.47 Å². The molecule has 0 N–H and O–H groups in total. The Kier molecular flexibility index (Phi) is 6.49. The minimum Gasteiger partial charge on any atom is -0.497 e. The van der Waals surface area contributed by atoms with Crippen molar-refractivity contribution in [2.75, 3.05) is 7.11 Å². The fourth-order valence-corrected chi connectivity index (χ4v) is 9.00. The molecule has 4 aromatic carbocycles. The summed E-state index contributed by atoms with van der Waals surface area (Å²) in [5.74, 6) is 2.92. The van der Waals surface area contributed by atoms with Crippen LogP contribution in [-0.2, 0) is 5.60 Å². The molecule has 0 bridgehead atoms. The van der Waals surface area contributed by atoms with Crippen molar-refractivity contribution >= 4 is 28.2 Å². The van der Waals surface area contributed by atoms with Gasteiger partial charge in [-0.25, -0.2) is 0 Å². The fourth-order valence-electron chi connectivity index (χ4n) is 8.13. The molecule has 8 rings (SSSR count). The predicted molar refractivity (Wildman–Crippen MR) is 180 cm³/mol. The molecule has 2 nitrogen and oxygen atoms in total. The van der Waals surface area contributed by atoms with Gasteiger partial charge in [0.15, 0.2) is 5.60 Å². The Morgan fingerprint density at radius 2 is 1.58 bits per heavy atom. The molecule has 2 heterocycles. The molecule has 3 heteroatoms. The van der Waals surface area contributed by atoms with Gasteiger partial charge in [-0.3, -0.25) is 0 Å². The molecule has 0 radical (unpaired) electrons. The van der Waals surface area contributed by atoms with E-state index in [0.717, 1.165) is 17.1 Å². The lowest BCUT2D eigenvalue weighted by Gasteiger charge is -2.42. The summed E-state index contributed by atoms with van der Waals surface area (Å²) >= 11 is 1.75. The summed E-state index contributed by atoms with van der Waals surface area (Å²) in [6.45, 7) is 4.45. The van der Waals surface area contributed by atoms with Gasteiger partial charge in [0, 0.05) is 16.5 Å². The zero-order chi connectivity index (χ0) is 29.1. The number of thiophene rings is 1. The van der Waals surface area contributed by atoms with E-state index in [1.165, 1.54) is 87.6 Å². The molecule has 1 aliphatic heterocycles. The lowest BCUT2D eigenvalue weighted by molar-refractivity contribution is 0.167. The van der Waals surface area contributed by atoms with Crippen LogP contribution in [0.1, 0.15) is 88.6 Å². The third-order valence-electron chi connectivity index (χ3n) is 10.2.